The van der Waals surface area contributed by atoms with E-state index in [4.69, 9.17) is 0 Å². The minimum Gasteiger partial charge on any atom is -0.368 e. The predicted molar refractivity (Wildman–Crippen MR) is 128 cm³/mol. The van der Waals surface area contributed by atoms with Crippen molar-refractivity contribution in [3.63, 3.8) is 0 Å². The average molecular weight is 513 g/mol. The molecule has 0 unspecified atom stereocenters. The molecular formula is C20H28IN5OS. The molecule has 2 N–H and O–H groups in total. The number of halogens is 1. The van der Waals surface area contributed by atoms with E-state index in [0.717, 1.165) is 32.7 Å². The summed E-state index contributed by atoms with van der Waals surface area (Å²) in [7, 11) is 0. The Balaban J connectivity index is 0.00000280. The van der Waals surface area contributed by atoms with Gasteiger partial charge in [0.05, 0.1) is 6.54 Å². The van der Waals surface area contributed by atoms with Gasteiger partial charge in [-0.1, -0.05) is 24.3 Å². The van der Waals surface area contributed by atoms with E-state index in [-0.39, 0.29) is 36.4 Å². The first-order chi connectivity index (χ1) is 13.3. The molecule has 2 aromatic rings. The lowest BCUT2D eigenvalue weighted by Gasteiger charge is -2.36. The second-order valence-corrected chi connectivity index (χ2v) is 7.36. The molecule has 2 heterocycles. The van der Waals surface area contributed by atoms with E-state index < -0.39 is 0 Å². The maximum Gasteiger partial charge on any atom is 0.244 e. The molecule has 6 nitrogen and oxygen atoms in total. The van der Waals surface area contributed by atoms with Crippen molar-refractivity contribution in [2.75, 3.05) is 44.2 Å². The molecule has 0 bridgehead atoms. The second-order valence-electron chi connectivity index (χ2n) is 6.33. The zero-order valence-corrected chi connectivity index (χ0v) is 19.3. The van der Waals surface area contributed by atoms with E-state index in [1.54, 1.807) is 11.3 Å². The highest BCUT2D eigenvalue weighted by atomic mass is 127. The van der Waals surface area contributed by atoms with Crippen molar-refractivity contribution in [1.29, 1.82) is 0 Å². The van der Waals surface area contributed by atoms with E-state index in [1.807, 2.05) is 36.1 Å². The summed E-state index contributed by atoms with van der Waals surface area (Å²) in [5.41, 5.74) is 1.22. The number of guanidine groups is 1. The Morgan fingerprint density at radius 2 is 1.82 bits per heavy atom. The van der Waals surface area contributed by atoms with Crippen molar-refractivity contribution >= 4 is 52.9 Å². The number of piperazine rings is 1. The molecule has 1 amide bonds. The van der Waals surface area contributed by atoms with E-state index >= 15 is 0 Å². The zero-order chi connectivity index (χ0) is 18.9. The summed E-state index contributed by atoms with van der Waals surface area (Å²) in [4.78, 5) is 22.5. The van der Waals surface area contributed by atoms with Crippen molar-refractivity contribution in [3.05, 3.63) is 52.7 Å². The number of amides is 1. The molecule has 1 fully saturated rings. The molecule has 3 rings (SSSR count). The van der Waals surface area contributed by atoms with Crippen molar-refractivity contribution < 1.29 is 4.79 Å². The number of rotatable bonds is 6. The smallest absolute Gasteiger partial charge is 0.244 e. The van der Waals surface area contributed by atoms with Crippen LogP contribution in [0.25, 0.3) is 0 Å². The first-order valence-electron chi connectivity index (χ1n) is 9.38. The highest BCUT2D eigenvalue weighted by Gasteiger charge is 2.20. The Morgan fingerprint density at radius 3 is 2.46 bits per heavy atom. The van der Waals surface area contributed by atoms with Crippen LogP contribution in [0.2, 0.25) is 0 Å². The van der Waals surface area contributed by atoms with Gasteiger partial charge in [0, 0.05) is 43.3 Å². The molecule has 28 heavy (non-hydrogen) atoms. The summed E-state index contributed by atoms with van der Waals surface area (Å²) >= 11 is 1.70. The fourth-order valence-corrected chi connectivity index (χ4v) is 3.67. The van der Waals surface area contributed by atoms with Crippen molar-refractivity contribution in [2.45, 2.75) is 13.5 Å². The van der Waals surface area contributed by atoms with Crippen LogP contribution >= 0.6 is 35.3 Å². The molecule has 0 spiro atoms. The van der Waals surface area contributed by atoms with E-state index in [9.17, 15) is 4.79 Å². The number of nitrogens with one attached hydrogen (secondary N) is 2. The van der Waals surface area contributed by atoms with Gasteiger partial charge >= 0.3 is 0 Å². The van der Waals surface area contributed by atoms with Crippen LogP contribution in [-0.4, -0.2) is 56.0 Å². The number of benzene rings is 1. The van der Waals surface area contributed by atoms with Gasteiger partial charge in [0.1, 0.15) is 6.54 Å². The van der Waals surface area contributed by atoms with Gasteiger partial charge in [-0.05, 0) is 30.5 Å². The van der Waals surface area contributed by atoms with Crippen LogP contribution in [0.15, 0.2) is 52.8 Å². The summed E-state index contributed by atoms with van der Waals surface area (Å²) in [6.45, 7) is 6.86. The second kappa shape index (κ2) is 11.9. The number of aliphatic imine (C=N–C) groups is 1. The van der Waals surface area contributed by atoms with Gasteiger partial charge in [-0.3, -0.25) is 4.79 Å². The Bertz CT molecular complexity index is 730. The summed E-state index contributed by atoms with van der Waals surface area (Å²) < 4.78 is 0. The summed E-state index contributed by atoms with van der Waals surface area (Å²) in [6, 6.07) is 14.5. The quantitative estimate of drug-likeness (QED) is 0.355. The Labute approximate surface area is 188 Å². The lowest BCUT2D eigenvalue weighted by Crippen LogP contribution is -2.49. The van der Waals surface area contributed by atoms with Gasteiger partial charge in [-0.2, -0.15) is 0 Å². The lowest BCUT2D eigenvalue weighted by molar-refractivity contribution is -0.129. The van der Waals surface area contributed by atoms with E-state index in [2.05, 4.69) is 44.1 Å². The maximum absolute atomic E-state index is 12.5. The Hall–Kier alpha value is -1.81. The zero-order valence-electron chi connectivity index (χ0n) is 16.1. The van der Waals surface area contributed by atoms with Gasteiger partial charge in [0.15, 0.2) is 5.96 Å². The normalized spacial score (nSPS) is 14.4. The van der Waals surface area contributed by atoms with Crippen LogP contribution in [0.3, 0.4) is 0 Å². The topological polar surface area (TPSA) is 60.0 Å². The number of carbonyl (C=O) groups is 1. The number of hydrogen-bond acceptors (Lipinski definition) is 4. The summed E-state index contributed by atoms with van der Waals surface area (Å²) in [5.74, 6) is 0.762. The number of nitrogens with zero attached hydrogens (tertiary/aromatic N) is 3. The molecule has 0 aliphatic carbocycles. The standard InChI is InChI=1S/C20H27N5OS.HI/c1-2-21-20(22-15-18-9-6-14-27-18)23-16-19(26)25-12-10-24(11-13-25)17-7-4-3-5-8-17;/h3-9,14H,2,10-13,15-16H2,1H3,(H2,21,22,23);1H. The van der Waals surface area contributed by atoms with Crippen molar-refractivity contribution in [2.24, 2.45) is 4.99 Å². The highest BCUT2D eigenvalue weighted by molar-refractivity contribution is 14.0. The molecule has 0 saturated carbocycles. The van der Waals surface area contributed by atoms with Crippen LogP contribution in [0.5, 0.6) is 0 Å². The predicted octanol–water partition coefficient (Wildman–Crippen LogP) is 2.77. The van der Waals surface area contributed by atoms with Gasteiger partial charge in [-0.25, -0.2) is 4.99 Å². The first-order valence-corrected chi connectivity index (χ1v) is 10.3. The Kier molecular flexibility index (Phi) is 9.56. The van der Waals surface area contributed by atoms with Gasteiger partial charge in [0.2, 0.25) is 5.91 Å². The molecule has 1 aliphatic heterocycles. The monoisotopic (exact) mass is 513 g/mol. The maximum atomic E-state index is 12.5. The van der Waals surface area contributed by atoms with Crippen LogP contribution in [0.4, 0.5) is 5.69 Å². The van der Waals surface area contributed by atoms with Crippen LogP contribution < -0.4 is 15.5 Å². The number of hydrogen-bond donors (Lipinski definition) is 2. The minimum absolute atomic E-state index is 0. The minimum atomic E-state index is 0. The lowest BCUT2D eigenvalue weighted by atomic mass is 10.2. The highest BCUT2D eigenvalue weighted by Crippen LogP contribution is 2.15. The van der Waals surface area contributed by atoms with Gasteiger partial charge in [-0.15, -0.1) is 35.3 Å². The van der Waals surface area contributed by atoms with Gasteiger partial charge < -0.3 is 20.4 Å². The number of carbonyl (C=O) groups excluding carboxylic acids is 1. The van der Waals surface area contributed by atoms with E-state index in [0.29, 0.717) is 12.5 Å². The first kappa shape index (κ1) is 22.5. The van der Waals surface area contributed by atoms with Crippen molar-refractivity contribution in [1.82, 2.24) is 15.5 Å². The van der Waals surface area contributed by atoms with E-state index in [1.165, 1.54) is 10.6 Å². The molecule has 8 heteroatoms. The average Bonchev–Trinajstić information content (AvgIpc) is 3.24. The molecule has 1 aliphatic rings. The molecule has 1 saturated heterocycles. The SMILES string of the molecule is CCNC(=NCC(=O)N1CCN(c2ccccc2)CC1)NCc1cccs1.I. The molecule has 0 radical (unpaired) electrons. The number of anilines is 1. The third-order valence-corrected chi connectivity index (χ3v) is 5.36. The number of thiophene rings is 1. The largest absolute Gasteiger partial charge is 0.368 e. The van der Waals surface area contributed by atoms with Gasteiger partial charge in [0.25, 0.3) is 0 Å². The third kappa shape index (κ3) is 6.66. The summed E-state index contributed by atoms with van der Waals surface area (Å²) in [5, 5.41) is 8.53. The van der Waals surface area contributed by atoms with Crippen LogP contribution in [-0.2, 0) is 11.3 Å². The van der Waals surface area contributed by atoms with Crippen LogP contribution in [0, 0.1) is 0 Å². The fourth-order valence-electron chi connectivity index (χ4n) is 3.03. The molecule has 0 atom stereocenters. The van der Waals surface area contributed by atoms with Crippen molar-refractivity contribution in [3.8, 4) is 0 Å². The molecule has 1 aromatic carbocycles. The van der Waals surface area contributed by atoms with Crippen LogP contribution in [0.1, 0.15) is 11.8 Å². The molecular weight excluding hydrogens is 485 g/mol. The molecule has 1 aromatic heterocycles. The number of para-hydroxylation sites is 1. The summed E-state index contributed by atoms with van der Waals surface area (Å²) in [6.07, 6.45) is 0. The fraction of sp³-hybridized carbons (Fsp3) is 0.400. The Morgan fingerprint density at radius 1 is 1.07 bits per heavy atom. The third-order valence-electron chi connectivity index (χ3n) is 4.48. The molecule has 152 valence electrons.